The van der Waals surface area contributed by atoms with Gasteiger partial charge in [0.15, 0.2) is 0 Å². The van der Waals surface area contributed by atoms with Crippen molar-refractivity contribution in [2.45, 2.75) is 39.5 Å². The van der Waals surface area contributed by atoms with Gasteiger partial charge in [0.2, 0.25) is 0 Å². The maximum atomic E-state index is 4.48. The molecule has 5 nitrogen and oxygen atoms in total. The van der Waals surface area contributed by atoms with E-state index in [1.165, 1.54) is 5.56 Å². The number of tetrazole rings is 1. The summed E-state index contributed by atoms with van der Waals surface area (Å²) in [4.78, 5) is 4.48. The van der Waals surface area contributed by atoms with Gasteiger partial charge in [-0.15, -0.1) is 0 Å². The Labute approximate surface area is 88.5 Å². The molecule has 0 aliphatic rings. The minimum Gasteiger partial charge on any atom is -0.214 e. The van der Waals surface area contributed by atoms with Crippen LogP contribution in [0.4, 0.5) is 0 Å². The second-order valence-electron chi connectivity index (χ2n) is 4.31. The van der Waals surface area contributed by atoms with Crippen molar-refractivity contribution >= 4 is 5.78 Å². The molecule has 0 bridgehead atoms. The highest BCUT2D eigenvalue weighted by molar-refractivity contribution is 5.33. The SMILES string of the molecule is CC(C)c1cn2nnnc2nc1C(C)C. The molecule has 0 fully saturated rings. The van der Waals surface area contributed by atoms with Crippen molar-refractivity contribution in [2.24, 2.45) is 0 Å². The van der Waals surface area contributed by atoms with Gasteiger partial charge in [-0.05, 0) is 27.8 Å². The first kappa shape index (κ1) is 10.0. The van der Waals surface area contributed by atoms with E-state index in [0.717, 1.165) is 5.69 Å². The summed E-state index contributed by atoms with van der Waals surface area (Å²) in [7, 11) is 0. The van der Waals surface area contributed by atoms with Crippen LogP contribution in [0.5, 0.6) is 0 Å². The van der Waals surface area contributed by atoms with Crippen molar-refractivity contribution < 1.29 is 0 Å². The zero-order chi connectivity index (χ0) is 11.0. The summed E-state index contributed by atoms with van der Waals surface area (Å²) in [6.07, 6.45) is 1.97. The average molecular weight is 205 g/mol. The smallest absolute Gasteiger partial charge is 0.214 e. The zero-order valence-electron chi connectivity index (χ0n) is 9.47. The lowest BCUT2D eigenvalue weighted by atomic mass is 9.97. The summed E-state index contributed by atoms with van der Waals surface area (Å²) in [5, 5.41) is 11.3. The Morgan fingerprint density at radius 2 is 1.87 bits per heavy atom. The first-order valence-electron chi connectivity index (χ1n) is 5.18. The van der Waals surface area contributed by atoms with E-state index in [9.17, 15) is 0 Å². The van der Waals surface area contributed by atoms with Gasteiger partial charge in [0.1, 0.15) is 0 Å². The number of rotatable bonds is 2. The molecule has 0 saturated heterocycles. The van der Waals surface area contributed by atoms with Crippen LogP contribution in [0.25, 0.3) is 5.78 Å². The number of hydrogen-bond donors (Lipinski definition) is 0. The fourth-order valence-corrected chi connectivity index (χ4v) is 1.62. The Bertz CT molecular complexity index is 430. The molecule has 0 aliphatic carbocycles. The van der Waals surface area contributed by atoms with Crippen LogP contribution in [0.1, 0.15) is 50.8 Å². The molecule has 0 unspecified atom stereocenters. The van der Waals surface area contributed by atoms with Gasteiger partial charge in [-0.3, -0.25) is 0 Å². The number of hydrogen-bond acceptors (Lipinski definition) is 4. The van der Waals surface area contributed by atoms with E-state index < -0.39 is 0 Å². The number of aromatic nitrogens is 5. The number of nitrogens with zero attached hydrogens (tertiary/aromatic N) is 5. The van der Waals surface area contributed by atoms with Crippen LogP contribution < -0.4 is 0 Å². The highest BCUT2D eigenvalue weighted by Crippen LogP contribution is 2.23. The van der Waals surface area contributed by atoms with Crippen molar-refractivity contribution in [3.05, 3.63) is 17.5 Å². The Morgan fingerprint density at radius 1 is 1.13 bits per heavy atom. The second kappa shape index (κ2) is 3.56. The highest BCUT2D eigenvalue weighted by Gasteiger charge is 2.14. The Balaban J connectivity index is 2.68. The van der Waals surface area contributed by atoms with E-state index in [0.29, 0.717) is 17.6 Å². The molecule has 2 aromatic heterocycles. The van der Waals surface area contributed by atoms with Gasteiger partial charge >= 0.3 is 0 Å². The van der Waals surface area contributed by atoms with E-state index in [2.05, 4.69) is 48.2 Å². The van der Waals surface area contributed by atoms with E-state index >= 15 is 0 Å². The third-order valence-electron chi connectivity index (χ3n) is 2.42. The molecule has 2 rings (SSSR count). The minimum absolute atomic E-state index is 0.393. The standard InChI is InChI=1S/C10H15N5/c1-6(2)8-5-15-10(12-13-14-15)11-9(8)7(3)4/h5-7H,1-4H3. The summed E-state index contributed by atoms with van der Waals surface area (Å²) in [5.41, 5.74) is 2.30. The largest absolute Gasteiger partial charge is 0.273 e. The molecule has 0 N–H and O–H groups in total. The molecular formula is C10H15N5. The van der Waals surface area contributed by atoms with Crippen LogP contribution in [0.3, 0.4) is 0 Å². The van der Waals surface area contributed by atoms with E-state index in [1.807, 2.05) is 6.20 Å². The average Bonchev–Trinajstić information content (AvgIpc) is 2.61. The predicted octanol–water partition coefficient (Wildman–Crippen LogP) is 1.77. The van der Waals surface area contributed by atoms with Gasteiger partial charge in [0.25, 0.3) is 5.78 Å². The van der Waals surface area contributed by atoms with Gasteiger partial charge < -0.3 is 0 Å². The molecule has 5 heteroatoms. The molecule has 2 heterocycles. The lowest BCUT2D eigenvalue weighted by Gasteiger charge is -2.13. The monoisotopic (exact) mass is 205 g/mol. The lowest BCUT2D eigenvalue weighted by molar-refractivity contribution is 0.730. The van der Waals surface area contributed by atoms with Gasteiger partial charge in [-0.2, -0.15) is 4.52 Å². The van der Waals surface area contributed by atoms with Crippen molar-refractivity contribution in [3.63, 3.8) is 0 Å². The second-order valence-corrected chi connectivity index (χ2v) is 4.31. The summed E-state index contributed by atoms with van der Waals surface area (Å²) in [5.74, 6) is 1.40. The molecule has 0 spiro atoms. The summed E-state index contributed by atoms with van der Waals surface area (Å²) >= 11 is 0. The molecule has 15 heavy (non-hydrogen) atoms. The first-order valence-corrected chi connectivity index (χ1v) is 5.18. The first-order chi connectivity index (χ1) is 7.09. The molecule has 80 valence electrons. The lowest BCUT2D eigenvalue weighted by Crippen LogP contribution is -2.06. The molecule has 0 radical (unpaired) electrons. The molecule has 0 atom stereocenters. The summed E-state index contributed by atoms with van der Waals surface area (Å²) < 4.78 is 1.63. The zero-order valence-corrected chi connectivity index (χ0v) is 9.47. The van der Waals surface area contributed by atoms with E-state index in [4.69, 9.17) is 0 Å². The molecule has 0 aromatic carbocycles. The molecule has 2 aromatic rings. The summed E-state index contributed by atoms with van der Waals surface area (Å²) in [6, 6.07) is 0. The predicted molar refractivity (Wildman–Crippen MR) is 56.8 cm³/mol. The third-order valence-corrected chi connectivity index (χ3v) is 2.42. The van der Waals surface area contributed by atoms with Crippen molar-refractivity contribution in [2.75, 3.05) is 0 Å². The Kier molecular flexibility index (Phi) is 2.38. The van der Waals surface area contributed by atoms with Crippen LogP contribution in [0.15, 0.2) is 6.20 Å². The number of fused-ring (bicyclic) bond motifs is 1. The van der Waals surface area contributed by atoms with Crippen LogP contribution >= 0.6 is 0 Å². The fraction of sp³-hybridized carbons (Fsp3) is 0.600. The maximum Gasteiger partial charge on any atom is 0.273 e. The third kappa shape index (κ3) is 1.69. The molecule has 0 aliphatic heterocycles. The van der Waals surface area contributed by atoms with Gasteiger partial charge in [-0.1, -0.05) is 32.8 Å². The highest BCUT2D eigenvalue weighted by atomic mass is 15.5. The van der Waals surface area contributed by atoms with Gasteiger partial charge in [-0.25, -0.2) is 4.98 Å². The topological polar surface area (TPSA) is 56.0 Å². The Hall–Kier alpha value is -1.52. The van der Waals surface area contributed by atoms with Crippen LogP contribution in [0, 0.1) is 0 Å². The van der Waals surface area contributed by atoms with Gasteiger partial charge in [0, 0.05) is 6.20 Å². The normalized spacial score (nSPS) is 11.9. The summed E-state index contributed by atoms with van der Waals surface area (Å²) in [6.45, 7) is 8.57. The molecular weight excluding hydrogens is 190 g/mol. The van der Waals surface area contributed by atoms with Crippen molar-refractivity contribution in [3.8, 4) is 0 Å². The van der Waals surface area contributed by atoms with E-state index in [-0.39, 0.29) is 0 Å². The van der Waals surface area contributed by atoms with Crippen LogP contribution in [0.2, 0.25) is 0 Å². The Morgan fingerprint density at radius 3 is 2.47 bits per heavy atom. The maximum absolute atomic E-state index is 4.48. The van der Waals surface area contributed by atoms with Gasteiger partial charge in [0.05, 0.1) is 5.69 Å². The van der Waals surface area contributed by atoms with Crippen molar-refractivity contribution in [1.29, 1.82) is 0 Å². The van der Waals surface area contributed by atoms with Crippen LogP contribution in [-0.2, 0) is 0 Å². The minimum atomic E-state index is 0.393. The molecule has 0 saturated carbocycles. The van der Waals surface area contributed by atoms with E-state index in [1.54, 1.807) is 4.52 Å². The van der Waals surface area contributed by atoms with Crippen LogP contribution in [-0.4, -0.2) is 25.0 Å². The fourth-order valence-electron chi connectivity index (χ4n) is 1.62. The quantitative estimate of drug-likeness (QED) is 0.749. The van der Waals surface area contributed by atoms with Crippen molar-refractivity contribution in [1.82, 2.24) is 25.0 Å². The molecule has 0 amide bonds.